The summed E-state index contributed by atoms with van der Waals surface area (Å²) >= 11 is 0. The van der Waals surface area contributed by atoms with E-state index in [1.54, 1.807) is 37.8 Å². The second-order valence-electron chi connectivity index (χ2n) is 6.83. The molecule has 3 N–H and O–H groups in total. The molecule has 1 aliphatic rings. The molecule has 0 saturated carbocycles. The summed E-state index contributed by atoms with van der Waals surface area (Å²) in [7, 11) is 0. The van der Waals surface area contributed by atoms with E-state index >= 15 is 0 Å². The lowest BCUT2D eigenvalue weighted by molar-refractivity contribution is -0.123. The van der Waals surface area contributed by atoms with Crippen LogP contribution in [0.1, 0.15) is 32.8 Å². The number of carbonyl (C=O) groups excluding carboxylic acids is 3. The summed E-state index contributed by atoms with van der Waals surface area (Å²) in [5.41, 5.74) is 6.32. The molecule has 0 aromatic heterocycles. The van der Waals surface area contributed by atoms with Crippen LogP contribution in [0.2, 0.25) is 0 Å². The smallest absolute Gasteiger partial charge is 0.407 e. The number of hydrogen-bond donors (Lipinski definition) is 2. The molecule has 24 heavy (non-hydrogen) atoms. The molecule has 1 aliphatic heterocycles. The molecule has 2 rings (SSSR count). The molecule has 1 saturated heterocycles. The van der Waals surface area contributed by atoms with E-state index in [4.69, 9.17) is 10.5 Å². The van der Waals surface area contributed by atoms with Crippen molar-refractivity contribution >= 4 is 23.6 Å². The SMILES string of the molecule is CC(C)(C)OC(=O)NCc1ccc(N2CC(C(N)=O)CC2=O)cc1. The Balaban J connectivity index is 1.93. The number of amides is 3. The quantitative estimate of drug-likeness (QED) is 0.872. The van der Waals surface area contributed by atoms with Crippen LogP contribution in [-0.2, 0) is 20.9 Å². The average molecular weight is 333 g/mol. The van der Waals surface area contributed by atoms with Gasteiger partial charge in [0.2, 0.25) is 11.8 Å². The summed E-state index contributed by atoms with van der Waals surface area (Å²) in [5, 5.41) is 2.67. The summed E-state index contributed by atoms with van der Waals surface area (Å²) in [6.07, 6.45) is -0.331. The van der Waals surface area contributed by atoms with E-state index in [-0.39, 0.29) is 12.3 Å². The fourth-order valence-corrected chi connectivity index (χ4v) is 2.43. The van der Waals surface area contributed by atoms with Gasteiger partial charge in [-0.15, -0.1) is 0 Å². The maximum absolute atomic E-state index is 12.0. The Morgan fingerprint density at radius 2 is 1.92 bits per heavy atom. The molecule has 1 unspecified atom stereocenters. The molecule has 1 fully saturated rings. The predicted molar refractivity (Wildman–Crippen MR) is 89.2 cm³/mol. The molecule has 3 amide bonds. The number of rotatable bonds is 4. The van der Waals surface area contributed by atoms with E-state index in [0.717, 1.165) is 5.56 Å². The Morgan fingerprint density at radius 3 is 2.42 bits per heavy atom. The molecule has 1 atom stereocenters. The number of primary amides is 1. The number of alkyl carbamates (subject to hydrolysis) is 1. The molecule has 1 heterocycles. The molecule has 7 nitrogen and oxygen atoms in total. The standard InChI is InChI=1S/C17H23N3O4/c1-17(2,3)24-16(23)19-9-11-4-6-13(7-5-11)20-10-12(15(18)22)8-14(20)21/h4-7,12H,8-10H2,1-3H3,(H2,18,22)(H,19,23). The predicted octanol–water partition coefficient (Wildman–Crippen LogP) is 1.55. The van der Waals surface area contributed by atoms with Gasteiger partial charge in [0, 0.05) is 25.2 Å². The zero-order chi connectivity index (χ0) is 17.9. The molecular formula is C17H23N3O4. The molecule has 0 aliphatic carbocycles. The third-order valence-electron chi connectivity index (χ3n) is 3.61. The van der Waals surface area contributed by atoms with Gasteiger partial charge in [0.15, 0.2) is 0 Å². The number of ether oxygens (including phenoxy) is 1. The molecule has 1 aromatic rings. The maximum atomic E-state index is 12.0. The third kappa shape index (κ3) is 4.71. The van der Waals surface area contributed by atoms with Crippen molar-refractivity contribution in [2.24, 2.45) is 11.7 Å². The van der Waals surface area contributed by atoms with Gasteiger partial charge >= 0.3 is 6.09 Å². The van der Waals surface area contributed by atoms with Crippen molar-refractivity contribution in [1.82, 2.24) is 5.32 Å². The van der Waals surface area contributed by atoms with Gasteiger partial charge in [-0.2, -0.15) is 0 Å². The van der Waals surface area contributed by atoms with Crippen LogP contribution in [0.3, 0.4) is 0 Å². The van der Waals surface area contributed by atoms with Crippen LogP contribution in [0, 0.1) is 5.92 Å². The summed E-state index contributed by atoms with van der Waals surface area (Å²) in [6.45, 7) is 6.03. The molecule has 0 spiro atoms. The van der Waals surface area contributed by atoms with Crippen molar-refractivity contribution in [3.05, 3.63) is 29.8 Å². The van der Waals surface area contributed by atoms with Crippen LogP contribution in [0.25, 0.3) is 0 Å². The van der Waals surface area contributed by atoms with E-state index < -0.39 is 23.5 Å². The van der Waals surface area contributed by atoms with E-state index in [9.17, 15) is 14.4 Å². The minimum atomic E-state index is -0.541. The van der Waals surface area contributed by atoms with Gasteiger partial charge in [-0.1, -0.05) is 12.1 Å². The number of nitrogens with zero attached hydrogens (tertiary/aromatic N) is 1. The molecule has 0 bridgehead atoms. The Morgan fingerprint density at radius 1 is 1.29 bits per heavy atom. The normalized spacial score (nSPS) is 17.7. The largest absolute Gasteiger partial charge is 0.444 e. The number of benzene rings is 1. The number of carbonyl (C=O) groups is 3. The van der Waals surface area contributed by atoms with E-state index in [2.05, 4.69) is 5.32 Å². The Bertz CT molecular complexity index is 634. The molecule has 7 heteroatoms. The van der Waals surface area contributed by atoms with Gasteiger partial charge in [-0.3, -0.25) is 9.59 Å². The van der Waals surface area contributed by atoms with Crippen LogP contribution in [-0.4, -0.2) is 30.1 Å². The van der Waals surface area contributed by atoms with Crippen LogP contribution in [0.4, 0.5) is 10.5 Å². The van der Waals surface area contributed by atoms with Crippen molar-refractivity contribution < 1.29 is 19.1 Å². The van der Waals surface area contributed by atoms with Crippen LogP contribution in [0.5, 0.6) is 0 Å². The highest BCUT2D eigenvalue weighted by atomic mass is 16.6. The highest BCUT2D eigenvalue weighted by Crippen LogP contribution is 2.25. The average Bonchev–Trinajstić information content (AvgIpc) is 2.86. The Kier molecular flexibility index (Phi) is 5.11. The van der Waals surface area contributed by atoms with Crippen molar-refractivity contribution in [2.45, 2.75) is 39.3 Å². The van der Waals surface area contributed by atoms with Crippen molar-refractivity contribution in [3.63, 3.8) is 0 Å². The first kappa shape index (κ1) is 17.8. The molecule has 0 radical (unpaired) electrons. The fraction of sp³-hybridized carbons (Fsp3) is 0.471. The third-order valence-corrected chi connectivity index (χ3v) is 3.61. The summed E-state index contributed by atoms with van der Waals surface area (Å²) in [4.78, 5) is 36.4. The van der Waals surface area contributed by atoms with E-state index in [1.165, 1.54) is 0 Å². The van der Waals surface area contributed by atoms with Gasteiger partial charge < -0.3 is 20.7 Å². The molecule has 1 aromatic carbocycles. The van der Waals surface area contributed by atoms with Gasteiger partial charge in [0.25, 0.3) is 0 Å². The summed E-state index contributed by atoms with van der Waals surface area (Å²) in [6, 6.07) is 7.20. The first-order chi connectivity index (χ1) is 11.2. The number of hydrogen-bond acceptors (Lipinski definition) is 4. The van der Waals surface area contributed by atoms with Gasteiger partial charge in [0.05, 0.1) is 5.92 Å². The molecule has 130 valence electrons. The lowest BCUT2D eigenvalue weighted by atomic mass is 10.1. The highest BCUT2D eigenvalue weighted by molar-refractivity contribution is 6.00. The first-order valence-corrected chi connectivity index (χ1v) is 7.81. The van der Waals surface area contributed by atoms with Crippen LogP contribution < -0.4 is 16.0 Å². The lowest BCUT2D eigenvalue weighted by Crippen LogP contribution is -2.32. The second kappa shape index (κ2) is 6.90. The minimum absolute atomic E-state index is 0.113. The van der Waals surface area contributed by atoms with Crippen molar-refractivity contribution in [1.29, 1.82) is 0 Å². The van der Waals surface area contributed by atoms with Gasteiger partial charge in [0.1, 0.15) is 5.60 Å². The Hall–Kier alpha value is -2.57. The van der Waals surface area contributed by atoms with Crippen molar-refractivity contribution in [2.75, 3.05) is 11.4 Å². The number of nitrogens with two attached hydrogens (primary N) is 1. The topological polar surface area (TPSA) is 102 Å². The van der Waals surface area contributed by atoms with Crippen molar-refractivity contribution in [3.8, 4) is 0 Å². The lowest BCUT2D eigenvalue weighted by Gasteiger charge is -2.20. The highest BCUT2D eigenvalue weighted by Gasteiger charge is 2.33. The Labute approximate surface area is 141 Å². The van der Waals surface area contributed by atoms with Crippen LogP contribution >= 0.6 is 0 Å². The zero-order valence-corrected chi connectivity index (χ0v) is 14.2. The van der Waals surface area contributed by atoms with E-state index in [0.29, 0.717) is 18.8 Å². The summed E-state index contributed by atoms with van der Waals surface area (Å²) in [5.74, 6) is -1.01. The minimum Gasteiger partial charge on any atom is -0.444 e. The fourth-order valence-electron chi connectivity index (χ4n) is 2.43. The van der Waals surface area contributed by atoms with Gasteiger partial charge in [-0.25, -0.2) is 4.79 Å². The monoisotopic (exact) mass is 333 g/mol. The second-order valence-corrected chi connectivity index (χ2v) is 6.83. The number of nitrogens with one attached hydrogen (secondary N) is 1. The van der Waals surface area contributed by atoms with Crippen LogP contribution in [0.15, 0.2) is 24.3 Å². The zero-order valence-electron chi connectivity index (χ0n) is 14.2. The number of anilines is 1. The van der Waals surface area contributed by atoms with Gasteiger partial charge in [-0.05, 0) is 38.5 Å². The maximum Gasteiger partial charge on any atom is 0.407 e. The van der Waals surface area contributed by atoms with E-state index in [1.807, 2.05) is 12.1 Å². The summed E-state index contributed by atoms with van der Waals surface area (Å²) < 4.78 is 5.17. The first-order valence-electron chi connectivity index (χ1n) is 7.81. The molecular weight excluding hydrogens is 310 g/mol.